The Hall–Kier alpha value is -2.66. The van der Waals surface area contributed by atoms with E-state index in [1.54, 1.807) is 0 Å². The molecule has 0 bridgehead atoms. The molecular formula is C25H35N3O6S. The topological polar surface area (TPSA) is 131 Å². The first-order chi connectivity index (χ1) is 16.6. The van der Waals surface area contributed by atoms with Crippen LogP contribution < -0.4 is 11.1 Å². The quantitative estimate of drug-likeness (QED) is 0.400. The van der Waals surface area contributed by atoms with E-state index >= 15 is 0 Å². The first-order valence-corrected chi connectivity index (χ1v) is 13.3. The molecule has 1 heterocycles. The van der Waals surface area contributed by atoms with E-state index in [-0.39, 0.29) is 23.9 Å². The molecule has 0 saturated carbocycles. The number of nitrogens with two attached hydrogens (primary N) is 1. The molecule has 2 aromatic carbocycles. The molecule has 3 atom stereocenters. The Morgan fingerprint density at radius 3 is 2.46 bits per heavy atom. The summed E-state index contributed by atoms with van der Waals surface area (Å²) in [6.45, 7) is 4.32. The summed E-state index contributed by atoms with van der Waals surface area (Å²) >= 11 is 0. The number of hydrogen-bond acceptors (Lipinski definition) is 7. The summed E-state index contributed by atoms with van der Waals surface area (Å²) in [5.74, 6) is 0.00997. The molecule has 1 saturated heterocycles. The fourth-order valence-corrected chi connectivity index (χ4v) is 5.52. The zero-order valence-electron chi connectivity index (χ0n) is 20.2. The maximum absolute atomic E-state index is 13.4. The molecule has 35 heavy (non-hydrogen) atoms. The summed E-state index contributed by atoms with van der Waals surface area (Å²) in [6, 6.07) is 14.5. The molecule has 1 amide bonds. The van der Waals surface area contributed by atoms with Gasteiger partial charge in [0.05, 0.1) is 23.6 Å². The van der Waals surface area contributed by atoms with Crippen LogP contribution in [0.1, 0.15) is 32.3 Å². The minimum Gasteiger partial charge on any atom is -0.420 e. The molecule has 192 valence electrons. The number of carbonyl (C=O) groups excluding carboxylic acids is 1. The van der Waals surface area contributed by atoms with Crippen LogP contribution in [0, 0.1) is 5.92 Å². The van der Waals surface area contributed by atoms with E-state index in [1.165, 1.54) is 28.6 Å². The average Bonchev–Trinajstić information content (AvgIpc) is 3.31. The van der Waals surface area contributed by atoms with E-state index in [9.17, 15) is 18.3 Å². The number of benzene rings is 2. The summed E-state index contributed by atoms with van der Waals surface area (Å²) < 4.78 is 38.7. The Morgan fingerprint density at radius 1 is 1.17 bits per heavy atom. The van der Waals surface area contributed by atoms with Crippen LogP contribution in [0.5, 0.6) is 0 Å². The number of carbonyl (C=O) groups is 1. The Labute approximate surface area is 207 Å². The second-order valence-electron chi connectivity index (χ2n) is 9.14. The molecule has 9 nitrogen and oxygen atoms in total. The Morgan fingerprint density at radius 2 is 1.86 bits per heavy atom. The first kappa shape index (κ1) is 26.9. The van der Waals surface area contributed by atoms with Gasteiger partial charge in [0.25, 0.3) is 0 Å². The highest BCUT2D eigenvalue weighted by molar-refractivity contribution is 7.89. The second kappa shape index (κ2) is 12.3. The van der Waals surface area contributed by atoms with Gasteiger partial charge in [-0.3, -0.25) is 0 Å². The van der Waals surface area contributed by atoms with E-state index in [0.29, 0.717) is 25.1 Å². The van der Waals surface area contributed by atoms with Gasteiger partial charge >= 0.3 is 6.09 Å². The number of rotatable bonds is 11. The maximum atomic E-state index is 13.4. The molecule has 0 aliphatic carbocycles. The number of sulfonamides is 1. The Bertz CT molecular complexity index is 1040. The summed E-state index contributed by atoms with van der Waals surface area (Å²) in [6.07, 6.45) is -0.821. The van der Waals surface area contributed by atoms with Gasteiger partial charge in [-0.25, -0.2) is 13.2 Å². The van der Waals surface area contributed by atoms with Crippen LogP contribution in [0.25, 0.3) is 0 Å². The van der Waals surface area contributed by atoms with Gasteiger partial charge < -0.3 is 25.6 Å². The average molecular weight is 506 g/mol. The number of aliphatic hydroxyl groups is 1. The zero-order valence-corrected chi connectivity index (χ0v) is 21.0. The second-order valence-corrected chi connectivity index (χ2v) is 11.1. The smallest absolute Gasteiger partial charge is 0.409 e. The minimum absolute atomic E-state index is 0.00997. The third kappa shape index (κ3) is 7.93. The van der Waals surface area contributed by atoms with Crippen molar-refractivity contribution < 1.29 is 27.8 Å². The van der Waals surface area contributed by atoms with Crippen molar-refractivity contribution in [2.24, 2.45) is 5.92 Å². The van der Waals surface area contributed by atoms with Gasteiger partial charge in [0, 0.05) is 25.2 Å². The fourth-order valence-electron chi connectivity index (χ4n) is 3.90. The monoisotopic (exact) mass is 505 g/mol. The van der Waals surface area contributed by atoms with Crippen molar-refractivity contribution in [3.05, 3.63) is 60.2 Å². The highest BCUT2D eigenvalue weighted by atomic mass is 32.2. The molecule has 1 aliphatic heterocycles. The summed E-state index contributed by atoms with van der Waals surface area (Å²) in [5, 5.41) is 13.9. The van der Waals surface area contributed by atoms with E-state index in [4.69, 9.17) is 15.2 Å². The van der Waals surface area contributed by atoms with Crippen LogP contribution in [0.2, 0.25) is 0 Å². The number of aliphatic hydroxyl groups excluding tert-OH is 1. The highest BCUT2D eigenvalue weighted by Gasteiger charge is 2.32. The summed E-state index contributed by atoms with van der Waals surface area (Å²) in [7, 11) is -3.91. The molecule has 1 aliphatic rings. The molecule has 0 aromatic heterocycles. The molecule has 1 unspecified atom stereocenters. The molecule has 4 N–H and O–H groups in total. The largest absolute Gasteiger partial charge is 0.420 e. The number of nitrogens with one attached hydrogen (secondary N) is 1. The van der Waals surface area contributed by atoms with Gasteiger partial charge in [-0.2, -0.15) is 4.31 Å². The maximum Gasteiger partial charge on any atom is 0.409 e. The zero-order chi connectivity index (χ0) is 25.4. The van der Waals surface area contributed by atoms with Gasteiger partial charge in [-0.05, 0) is 48.6 Å². The van der Waals surface area contributed by atoms with Crippen LogP contribution in [0.15, 0.2) is 59.5 Å². The number of alkyl carbamates (subject to hydrolysis) is 1. The van der Waals surface area contributed by atoms with Crippen molar-refractivity contribution in [3.63, 3.8) is 0 Å². The van der Waals surface area contributed by atoms with Crippen molar-refractivity contribution in [3.8, 4) is 0 Å². The van der Waals surface area contributed by atoms with Crippen molar-refractivity contribution in [2.45, 2.75) is 56.4 Å². The number of anilines is 1. The van der Waals surface area contributed by atoms with Crippen LogP contribution >= 0.6 is 0 Å². The van der Waals surface area contributed by atoms with Crippen molar-refractivity contribution in [1.82, 2.24) is 9.62 Å². The highest BCUT2D eigenvalue weighted by Crippen LogP contribution is 2.20. The molecule has 2 aromatic rings. The predicted octanol–water partition coefficient (Wildman–Crippen LogP) is 2.75. The van der Waals surface area contributed by atoms with Crippen molar-refractivity contribution in [2.75, 3.05) is 25.4 Å². The fraction of sp³-hybridized carbons (Fsp3) is 0.480. The van der Waals surface area contributed by atoms with E-state index in [1.807, 2.05) is 44.2 Å². The molecule has 0 spiro atoms. The van der Waals surface area contributed by atoms with Gasteiger partial charge in [0.1, 0.15) is 0 Å². The lowest BCUT2D eigenvalue weighted by Gasteiger charge is -2.30. The molecule has 1 fully saturated rings. The third-order valence-corrected chi connectivity index (χ3v) is 7.52. The Balaban J connectivity index is 1.80. The molecule has 3 rings (SSSR count). The Kier molecular flexibility index (Phi) is 9.50. The lowest BCUT2D eigenvalue weighted by atomic mass is 10.0. The van der Waals surface area contributed by atoms with Crippen LogP contribution in [-0.2, 0) is 25.9 Å². The van der Waals surface area contributed by atoms with Crippen LogP contribution in [0.4, 0.5) is 10.5 Å². The van der Waals surface area contributed by atoms with Crippen LogP contribution in [0.3, 0.4) is 0 Å². The van der Waals surface area contributed by atoms with E-state index < -0.39 is 34.6 Å². The third-order valence-electron chi connectivity index (χ3n) is 5.67. The SMILES string of the molecule is CC(C)CN(C[C@@H](O)[C@H](Cc1ccccc1)NC(=O)OC1CCCO1)S(=O)(=O)c1ccc(N)cc1. The van der Waals surface area contributed by atoms with E-state index in [2.05, 4.69) is 5.32 Å². The minimum atomic E-state index is -3.91. The van der Waals surface area contributed by atoms with Gasteiger partial charge in [-0.15, -0.1) is 0 Å². The van der Waals surface area contributed by atoms with Crippen molar-refractivity contribution >= 4 is 21.8 Å². The standard InChI is InChI=1S/C25H35N3O6S/c1-18(2)16-28(35(31,32)21-12-10-20(26)11-13-21)17-23(29)22(15-19-7-4-3-5-8-19)27-25(30)34-24-9-6-14-33-24/h3-5,7-8,10-13,18,22-24,29H,6,9,14-17,26H2,1-2H3,(H,27,30)/t22-,23+,24?/m0/s1. The van der Waals surface area contributed by atoms with Crippen LogP contribution in [-0.4, -0.2) is 62.1 Å². The summed E-state index contributed by atoms with van der Waals surface area (Å²) in [4.78, 5) is 12.6. The molecule has 0 radical (unpaired) electrons. The molecular weight excluding hydrogens is 470 g/mol. The summed E-state index contributed by atoms with van der Waals surface area (Å²) in [5.41, 5.74) is 7.05. The lowest BCUT2D eigenvalue weighted by molar-refractivity contribution is -0.0698. The van der Waals surface area contributed by atoms with E-state index in [0.717, 1.165) is 12.0 Å². The number of nitrogen functional groups attached to an aromatic ring is 1. The number of amides is 1. The predicted molar refractivity (Wildman–Crippen MR) is 133 cm³/mol. The first-order valence-electron chi connectivity index (χ1n) is 11.8. The van der Waals surface area contributed by atoms with Gasteiger partial charge in [0.2, 0.25) is 16.3 Å². The lowest BCUT2D eigenvalue weighted by Crippen LogP contribution is -2.51. The van der Waals surface area contributed by atoms with Crippen molar-refractivity contribution in [1.29, 1.82) is 0 Å². The molecule has 10 heteroatoms. The normalized spacial score (nSPS) is 17.9. The number of hydrogen-bond donors (Lipinski definition) is 3. The number of nitrogens with zero attached hydrogens (tertiary/aromatic N) is 1. The van der Waals surface area contributed by atoms with Gasteiger partial charge in [-0.1, -0.05) is 44.2 Å². The van der Waals surface area contributed by atoms with Gasteiger partial charge in [0.15, 0.2) is 0 Å². The number of ether oxygens (including phenoxy) is 2.